The molecule has 0 saturated heterocycles. The second kappa shape index (κ2) is 9.52. The summed E-state index contributed by atoms with van der Waals surface area (Å²) >= 11 is 0. The third-order valence-corrected chi connectivity index (χ3v) is 4.16. The fourth-order valence-electron chi connectivity index (χ4n) is 2.64. The molecule has 142 valence electrons. The van der Waals surface area contributed by atoms with Crippen molar-refractivity contribution in [3.05, 3.63) is 71.8 Å². The van der Waals surface area contributed by atoms with E-state index in [0.29, 0.717) is 5.56 Å². The molecule has 0 radical (unpaired) electrons. The van der Waals surface area contributed by atoms with E-state index in [0.717, 1.165) is 5.56 Å². The number of amides is 2. The fraction of sp³-hybridized carbons (Fsp3) is 0.286. The van der Waals surface area contributed by atoms with Gasteiger partial charge in [-0.05, 0) is 23.6 Å². The average molecular weight is 367 g/mol. The lowest BCUT2D eigenvalue weighted by Crippen LogP contribution is -2.56. The molecule has 0 fully saturated rings. The predicted octanol–water partition coefficient (Wildman–Crippen LogP) is 0.918. The lowest BCUT2D eigenvalue weighted by Gasteiger charge is -2.26. The third kappa shape index (κ3) is 5.95. The Labute approximate surface area is 158 Å². The molecule has 2 amide bonds. The van der Waals surface area contributed by atoms with Crippen LogP contribution in [0.25, 0.3) is 0 Å². The quantitative estimate of drug-likeness (QED) is 0.725. The minimum atomic E-state index is -1.36. The molecular weight excluding hydrogens is 344 g/mol. The minimum Gasteiger partial charge on any atom is -0.548 e. The van der Waals surface area contributed by atoms with E-state index in [1.165, 1.54) is 0 Å². The second-order valence-corrected chi connectivity index (χ2v) is 6.63. The molecule has 2 aromatic rings. The van der Waals surface area contributed by atoms with Crippen molar-refractivity contribution in [3.8, 4) is 0 Å². The number of carboxylic acid groups (broad SMARTS) is 1. The van der Waals surface area contributed by atoms with Crippen LogP contribution in [0.2, 0.25) is 0 Å². The summed E-state index contributed by atoms with van der Waals surface area (Å²) in [6.45, 7) is 3.35. The van der Waals surface area contributed by atoms with Crippen molar-refractivity contribution < 1.29 is 19.5 Å². The smallest absolute Gasteiger partial charge is 0.251 e. The van der Waals surface area contributed by atoms with Crippen LogP contribution in [0.5, 0.6) is 0 Å². The number of hydrogen-bond donors (Lipinski definition) is 2. The van der Waals surface area contributed by atoms with Gasteiger partial charge in [-0.2, -0.15) is 0 Å². The van der Waals surface area contributed by atoms with Gasteiger partial charge < -0.3 is 20.5 Å². The summed E-state index contributed by atoms with van der Waals surface area (Å²) in [6.07, 6.45) is 0.239. The summed E-state index contributed by atoms with van der Waals surface area (Å²) in [5, 5.41) is 16.5. The summed E-state index contributed by atoms with van der Waals surface area (Å²) in [5.74, 6) is -2.67. The van der Waals surface area contributed by atoms with Crippen LogP contribution < -0.4 is 15.7 Å². The van der Waals surface area contributed by atoms with E-state index in [9.17, 15) is 19.5 Å². The van der Waals surface area contributed by atoms with Gasteiger partial charge in [0.2, 0.25) is 5.91 Å². The maximum atomic E-state index is 12.7. The molecule has 0 saturated carbocycles. The minimum absolute atomic E-state index is 0.239. The highest BCUT2D eigenvalue weighted by Crippen LogP contribution is 2.07. The van der Waals surface area contributed by atoms with E-state index in [1.54, 1.807) is 44.2 Å². The molecule has 0 aliphatic carbocycles. The van der Waals surface area contributed by atoms with Crippen molar-refractivity contribution in [3.63, 3.8) is 0 Å². The van der Waals surface area contributed by atoms with Crippen molar-refractivity contribution in [2.45, 2.75) is 32.4 Å². The van der Waals surface area contributed by atoms with Gasteiger partial charge in [0.25, 0.3) is 5.91 Å². The van der Waals surface area contributed by atoms with Gasteiger partial charge >= 0.3 is 0 Å². The largest absolute Gasteiger partial charge is 0.548 e. The average Bonchev–Trinajstić information content (AvgIpc) is 2.66. The molecule has 0 aromatic heterocycles. The number of hydrogen-bond acceptors (Lipinski definition) is 4. The Morgan fingerprint density at radius 3 is 1.96 bits per heavy atom. The number of carbonyl (C=O) groups excluding carboxylic acids is 3. The summed E-state index contributed by atoms with van der Waals surface area (Å²) in [5.41, 5.74) is 1.27. The molecule has 0 unspecified atom stereocenters. The molecule has 0 spiro atoms. The Balaban J connectivity index is 2.19. The highest BCUT2D eigenvalue weighted by atomic mass is 16.4. The highest BCUT2D eigenvalue weighted by Gasteiger charge is 2.26. The number of carbonyl (C=O) groups is 3. The van der Waals surface area contributed by atoms with Crippen molar-refractivity contribution in [1.29, 1.82) is 0 Å². The monoisotopic (exact) mass is 367 g/mol. The fourth-order valence-corrected chi connectivity index (χ4v) is 2.64. The van der Waals surface area contributed by atoms with Gasteiger partial charge in [-0.3, -0.25) is 9.59 Å². The molecule has 2 aromatic carbocycles. The number of carboxylic acids is 1. The van der Waals surface area contributed by atoms with E-state index in [4.69, 9.17) is 0 Å². The highest BCUT2D eigenvalue weighted by molar-refractivity contribution is 5.98. The Morgan fingerprint density at radius 1 is 0.889 bits per heavy atom. The first-order chi connectivity index (χ1) is 12.9. The van der Waals surface area contributed by atoms with Crippen LogP contribution in [0.1, 0.15) is 29.8 Å². The summed E-state index contributed by atoms with van der Waals surface area (Å²) in [4.78, 5) is 36.5. The summed E-state index contributed by atoms with van der Waals surface area (Å²) in [7, 11) is 0. The molecule has 2 rings (SSSR count). The topological polar surface area (TPSA) is 98.3 Å². The van der Waals surface area contributed by atoms with E-state index in [1.807, 2.05) is 30.3 Å². The van der Waals surface area contributed by atoms with Crippen LogP contribution in [0.15, 0.2) is 60.7 Å². The first kappa shape index (κ1) is 20.2. The van der Waals surface area contributed by atoms with Gasteiger partial charge in [0.05, 0.1) is 12.0 Å². The number of aliphatic carboxylic acids is 1. The molecule has 0 aliphatic heterocycles. The van der Waals surface area contributed by atoms with Crippen LogP contribution in [0.3, 0.4) is 0 Å². The Hall–Kier alpha value is -3.15. The lowest BCUT2D eigenvalue weighted by atomic mass is 10.0. The van der Waals surface area contributed by atoms with Crippen LogP contribution in [-0.4, -0.2) is 29.9 Å². The SMILES string of the molecule is CC(C)[C@@H](NC(=O)[C@@H](Cc1ccccc1)NC(=O)c1ccccc1)C(=O)[O-]. The van der Waals surface area contributed by atoms with Gasteiger partial charge in [-0.1, -0.05) is 62.4 Å². The molecule has 0 aliphatic rings. The van der Waals surface area contributed by atoms with Gasteiger partial charge in [0.15, 0.2) is 0 Å². The van der Waals surface area contributed by atoms with Crippen molar-refractivity contribution >= 4 is 17.8 Å². The summed E-state index contributed by atoms with van der Waals surface area (Å²) in [6, 6.07) is 15.7. The molecule has 6 heteroatoms. The van der Waals surface area contributed by atoms with Gasteiger partial charge in [-0.25, -0.2) is 0 Å². The van der Waals surface area contributed by atoms with Crippen molar-refractivity contribution in [2.24, 2.45) is 5.92 Å². The van der Waals surface area contributed by atoms with E-state index < -0.39 is 29.9 Å². The van der Waals surface area contributed by atoms with Gasteiger partial charge in [0.1, 0.15) is 6.04 Å². The van der Waals surface area contributed by atoms with Crippen LogP contribution in [-0.2, 0) is 16.0 Å². The van der Waals surface area contributed by atoms with Crippen LogP contribution >= 0.6 is 0 Å². The number of rotatable bonds is 8. The van der Waals surface area contributed by atoms with E-state index in [-0.39, 0.29) is 12.3 Å². The first-order valence-corrected chi connectivity index (χ1v) is 8.79. The molecule has 27 heavy (non-hydrogen) atoms. The third-order valence-electron chi connectivity index (χ3n) is 4.16. The maximum Gasteiger partial charge on any atom is 0.251 e. The second-order valence-electron chi connectivity index (χ2n) is 6.63. The zero-order chi connectivity index (χ0) is 19.8. The Bertz CT molecular complexity index is 775. The normalized spacial score (nSPS) is 12.9. The first-order valence-electron chi connectivity index (χ1n) is 8.79. The predicted molar refractivity (Wildman–Crippen MR) is 99.6 cm³/mol. The standard InChI is InChI=1S/C21H24N2O4/c1-14(2)18(21(26)27)23-20(25)17(13-15-9-5-3-6-10-15)22-19(24)16-11-7-4-8-12-16/h3-12,14,17-18H,13H2,1-2H3,(H,22,24)(H,23,25)(H,26,27)/p-1/t17-,18-/m1/s1. The van der Waals surface area contributed by atoms with E-state index in [2.05, 4.69) is 10.6 Å². The van der Waals surface area contributed by atoms with Gasteiger partial charge in [-0.15, -0.1) is 0 Å². The zero-order valence-electron chi connectivity index (χ0n) is 15.3. The maximum absolute atomic E-state index is 12.7. The molecule has 0 bridgehead atoms. The van der Waals surface area contributed by atoms with Crippen molar-refractivity contribution in [2.75, 3.05) is 0 Å². The Kier molecular flexibility index (Phi) is 7.11. The molecule has 0 heterocycles. The zero-order valence-corrected chi connectivity index (χ0v) is 15.3. The van der Waals surface area contributed by atoms with Crippen LogP contribution in [0.4, 0.5) is 0 Å². The number of nitrogens with one attached hydrogen (secondary N) is 2. The number of benzene rings is 2. The summed E-state index contributed by atoms with van der Waals surface area (Å²) < 4.78 is 0. The molecule has 2 atom stereocenters. The van der Waals surface area contributed by atoms with Crippen LogP contribution in [0, 0.1) is 5.92 Å². The molecular formula is C21H23N2O4-. The van der Waals surface area contributed by atoms with Crippen molar-refractivity contribution in [1.82, 2.24) is 10.6 Å². The van der Waals surface area contributed by atoms with Gasteiger partial charge in [0, 0.05) is 12.0 Å². The van der Waals surface area contributed by atoms with E-state index >= 15 is 0 Å². The Morgan fingerprint density at radius 2 is 1.44 bits per heavy atom. The molecule has 6 nitrogen and oxygen atoms in total. The lowest BCUT2D eigenvalue weighted by molar-refractivity contribution is -0.309. The molecule has 2 N–H and O–H groups in total.